The quantitative estimate of drug-likeness (QED) is 0.303. The van der Waals surface area contributed by atoms with Crippen LogP contribution >= 0.6 is 15.2 Å². The van der Waals surface area contributed by atoms with E-state index in [1.807, 2.05) is 13.8 Å². The van der Waals surface area contributed by atoms with Crippen molar-refractivity contribution in [1.82, 2.24) is 0 Å². The van der Waals surface area contributed by atoms with Gasteiger partial charge in [0.25, 0.3) is 0 Å². The predicted molar refractivity (Wildman–Crippen MR) is 111 cm³/mol. The molecule has 0 aromatic heterocycles. The second kappa shape index (κ2) is 15.5. The highest BCUT2D eigenvalue weighted by atomic mass is 31.2. The zero-order chi connectivity index (χ0) is 22.4. The summed E-state index contributed by atoms with van der Waals surface area (Å²) in [6.45, 7) is 14.6. The van der Waals surface area contributed by atoms with Gasteiger partial charge in [0.2, 0.25) is 11.0 Å². The Bertz CT molecular complexity index is 520. The molecule has 0 fully saturated rings. The summed E-state index contributed by atoms with van der Waals surface area (Å²) in [6.07, 6.45) is 1.22. The van der Waals surface area contributed by atoms with Gasteiger partial charge in [0.15, 0.2) is 0 Å². The molecule has 168 valence electrons. The van der Waals surface area contributed by atoms with Crippen LogP contribution in [0.5, 0.6) is 0 Å². The summed E-state index contributed by atoms with van der Waals surface area (Å²) in [5.74, 6) is 0. The molecule has 28 heavy (non-hydrogen) atoms. The molecule has 0 aromatic carbocycles. The van der Waals surface area contributed by atoms with Crippen LogP contribution in [0, 0.1) is 0 Å². The molecular formula is C18H38O8P2. The fourth-order valence-electron chi connectivity index (χ4n) is 1.69. The standard InChI is InChI=1S/2C9H19O4P/c1-6-9(10)14(11,12-7(2)3)13-8(4)5;1-4-7-12-14(11,9(10)6-3)13-8-5-2/h7-8H,6H2,1-5H3;4-8H2,1-3H3. The first-order chi connectivity index (χ1) is 12.9. The molecule has 0 heterocycles. The van der Waals surface area contributed by atoms with Crippen LogP contribution in [0.25, 0.3) is 0 Å². The molecule has 0 saturated carbocycles. The molecule has 0 radical (unpaired) electrons. The lowest BCUT2D eigenvalue weighted by Crippen LogP contribution is -2.13. The monoisotopic (exact) mass is 444 g/mol. The molecule has 0 aromatic rings. The van der Waals surface area contributed by atoms with Crippen molar-refractivity contribution < 1.29 is 36.8 Å². The summed E-state index contributed by atoms with van der Waals surface area (Å²) in [6, 6.07) is 0. The van der Waals surface area contributed by atoms with Crippen molar-refractivity contribution in [2.75, 3.05) is 13.2 Å². The maximum Gasteiger partial charge on any atom is 0.397 e. The molecule has 0 aliphatic rings. The number of hydrogen-bond acceptors (Lipinski definition) is 8. The van der Waals surface area contributed by atoms with Crippen LogP contribution in [0.2, 0.25) is 0 Å². The van der Waals surface area contributed by atoms with Gasteiger partial charge in [-0.2, -0.15) is 0 Å². The fraction of sp³-hybridized carbons (Fsp3) is 0.889. The van der Waals surface area contributed by atoms with Gasteiger partial charge in [-0.3, -0.25) is 18.7 Å². The lowest BCUT2D eigenvalue weighted by molar-refractivity contribution is -0.114. The molecule has 0 aliphatic heterocycles. The van der Waals surface area contributed by atoms with E-state index in [0.29, 0.717) is 13.2 Å². The maximum absolute atomic E-state index is 12.0. The van der Waals surface area contributed by atoms with E-state index in [1.165, 1.54) is 0 Å². The molecule has 0 unspecified atom stereocenters. The van der Waals surface area contributed by atoms with Crippen molar-refractivity contribution in [2.24, 2.45) is 0 Å². The Morgan fingerprint density at radius 2 is 1.00 bits per heavy atom. The Labute approximate surface area is 170 Å². The second-order valence-corrected chi connectivity index (χ2v) is 10.4. The van der Waals surface area contributed by atoms with Crippen LogP contribution in [0.15, 0.2) is 0 Å². The summed E-state index contributed by atoms with van der Waals surface area (Å²) in [4.78, 5) is 22.7. The van der Waals surface area contributed by atoms with E-state index in [9.17, 15) is 18.7 Å². The second-order valence-electron chi connectivity index (χ2n) is 6.46. The van der Waals surface area contributed by atoms with Crippen LogP contribution in [-0.2, 0) is 36.8 Å². The number of carbonyl (C=O) groups excluding carboxylic acids is 2. The summed E-state index contributed by atoms with van der Waals surface area (Å²) >= 11 is 0. The Morgan fingerprint density at radius 3 is 1.25 bits per heavy atom. The van der Waals surface area contributed by atoms with Crippen molar-refractivity contribution in [3.63, 3.8) is 0 Å². The Balaban J connectivity index is 0. The molecule has 0 N–H and O–H groups in total. The lowest BCUT2D eigenvalue weighted by Gasteiger charge is -2.20. The normalized spacial score (nSPS) is 12.1. The van der Waals surface area contributed by atoms with E-state index in [0.717, 1.165) is 12.8 Å². The van der Waals surface area contributed by atoms with Crippen molar-refractivity contribution in [3.8, 4) is 0 Å². The Hall–Kier alpha value is -0.360. The van der Waals surface area contributed by atoms with Crippen LogP contribution in [0.4, 0.5) is 0 Å². The van der Waals surface area contributed by atoms with Gasteiger partial charge < -0.3 is 18.1 Å². The zero-order valence-corrected chi connectivity index (χ0v) is 20.3. The van der Waals surface area contributed by atoms with E-state index >= 15 is 0 Å². The minimum atomic E-state index is -3.56. The van der Waals surface area contributed by atoms with Crippen molar-refractivity contribution in [3.05, 3.63) is 0 Å². The third-order valence-corrected chi connectivity index (χ3v) is 7.14. The average Bonchev–Trinajstić information content (AvgIpc) is 2.62. The molecular weight excluding hydrogens is 406 g/mol. The number of hydrogen-bond donors (Lipinski definition) is 0. The molecule has 0 atom stereocenters. The van der Waals surface area contributed by atoms with Gasteiger partial charge in [0, 0.05) is 12.8 Å². The summed E-state index contributed by atoms with van der Waals surface area (Å²) in [7, 11) is -7.04. The smallest absolute Gasteiger partial charge is 0.303 e. The molecule has 0 aliphatic carbocycles. The van der Waals surface area contributed by atoms with E-state index in [-0.39, 0.29) is 25.0 Å². The van der Waals surface area contributed by atoms with Gasteiger partial charge in [-0.1, -0.05) is 27.7 Å². The minimum Gasteiger partial charge on any atom is -0.303 e. The highest BCUT2D eigenvalue weighted by Crippen LogP contribution is 2.52. The third-order valence-electron chi connectivity index (χ3n) is 2.85. The molecule has 0 rings (SSSR count). The van der Waals surface area contributed by atoms with Crippen molar-refractivity contribution >= 4 is 26.2 Å². The first-order valence-electron chi connectivity index (χ1n) is 9.84. The van der Waals surface area contributed by atoms with E-state index in [2.05, 4.69) is 0 Å². The van der Waals surface area contributed by atoms with Crippen molar-refractivity contribution in [1.29, 1.82) is 0 Å². The molecule has 0 amide bonds. The number of rotatable bonds is 14. The van der Waals surface area contributed by atoms with Gasteiger partial charge in [-0.05, 0) is 40.5 Å². The van der Waals surface area contributed by atoms with Crippen LogP contribution in [0.3, 0.4) is 0 Å². The highest BCUT2D eigenvalue weighted by Gasteiger charge is 2.35. The van der Waals surface area contributed by atoms with E-state index < -0.39 is 26.2 Å². The van der Waals surface area contributed by atoms with Gasteiger partial charge in [-0.25, -0.2) is 0 Å². The molecule has 8 nitrogen and oxygen atoms in total. The average molecular weight is 444 g/mol. The summed E-state index contributed by atoms with van der Waals surface area (Å²) in [5.41, 5.74) is -0.890. The minimum absolute atomic E-state index is 0.163. The number of carbonyl (C=O) groups is 2. The van der Waals surface area contributed by atoms with E-state index in [1.54, 1.807) is 41.5 Å². The highest BCUT2D eigenvalue weighted by molar-refractivity contribution is 7.72. The topological polar surface area (TPSA) is 105 Å². The lowest BCUT2D eigenvalue weighted by atomic mass is 10.5. The van der Waals surface area contributed by atoms with Gasteiger partial charge >= 0.3 is 15.2 Å². The van der Waals surface area contributed by atoms with Crippen LogP contribution < -0.4 is 0 Å². The van der Waals surface area contributed by atoms with Gasteiger partial charge in [-0.15, -0.1) is 0 Å². The molecule has 0 saturated heterocycles. The van der Waals surface area contributed by atoms with Gasteiger partial charge in [0.05, 0.1) is 25.4 Å². The van der Waals surface area contributed by atoms with Crippen molar-refractivity contribution in [2.45, 2.75) is 93.3 Å². The van der Waals surface area contributed by atoms with Gasteiger partial charge in [0.1, 0.15) is 0 Å². The Morgan fingerprint density at radius 1 is 0.679 bits per heavy atom. The predicted octanol–water partition coefficient (Wildman–Crippen LogP) is 5.94. The largest absolute Gasteiger partial charge is 0.397 e. The molecule has 0 bridgehead atoms. The maximum atomic E-state index is 12.0. The molecule has 0 spiro atoms. The zero-order valence-electron chi connectivity index (χ0n) is 18.6. The van der Waals surface area contributed by atoms with E-state index in [4.69, 9.17) is 18.1 Å². The summed E-state index contributed by atoms with van der Waals surface area (Å²) in [5, 5.41) is 0. The Kier molecular flexibility index (Phi) is 16.5. The van der Waals surface area contributed by atoms with Crippen LogP contribution in [0.1, 0.15) is 81.1 Å². The fourth-order valence-corrected chi connectivity index (χ4v) is 5.07. The molecule has 10 heteroatoms. The first kappa shape index (κ1) is 29.8. The third kappa shape index (κ3) is 12.3. The van der Waals surface area contributed by atoms with Crippen LogP contribution in [-0.4, -0.2) is 36.5 Å². The SMILES string of the molecule is CCC(=O)P(=O)(OC(C)C)OC(C)C.CCCOP(=O)(OCCC)C(=O)CC. The summed E-state index contributed by atoms with van der Waals surface area (Å²) < 4.78 is 44.0. The first-order valence-corrected chi connectivity index (χ1v) is 12.9.